The summed E-state index contributed by atoms with van der Waals surface area (Å²) in [7, 11) is 0. The molecule has 84 valence electrons. The van der Waals surface area contributed by atoms with Gasteiger partial charge in [0.2, 0.25) is 0 Å². The van der Waals surface area contributed by atoms with Crippen molar-refractivity contribution < 1.29 is 0 Å². The number of fused-ring (bicyclic) bond motifs is 1. The van der Waals surface area contributed by atoms with Crippen molar-refractivity contribution in [2.24, 2.45) is 0 Å². The summed E-state index contributed by atoms with van der Waals surface area (Å²) in [4.78, 5) is 4.18. The van der Waals surface area contributed by atoms with Crippen molar-refractivity contribution >= 4 is 17.0 Å². The minimum Gasteiger partial charge on any atom is -0.285 e. The molecule has 0 unspecified atom stereocenters. The molecule has 3 heteroatoms. The average Bonchev–Trinajstić information content (AvgIpc) is 2.93. The smallest absolute Gasteiger partial charge is 0.0842 e. The van der Waals surface area contributed by atoms with Gasteiger partial charge in [-0.2, -0.15) is 5.10 Å². The zero-order valence-electron chi connectivity index (χ0n) is 9.38. The molecule has 3 nitrogen and oxygen atoms in total. The van der Waals surface area contributed by atoms with E-state index in [-0.39, 0.29) is 0 Å². The molecule has 0 fully saturated rings. The molecule has 1 N–H and O–H groups in total. The maximum Gasteiger partial charge on any atom is 0.0842 e. The molecule has 17 heavy (non-hydrogen) atoms. The molecule has 1 aromatic carbocycles. The SMILES string of the molecule is C=Cc1cc[nH]n1.c1ccc2ncccc2c1. The van der Waals surface area contributed by atoms with Gasteiger partial charge in [0.25, 0.3) is 0 Å². The molecule has 0 atom stereocenters. The lowest BCUT2D eigenvalue weighted by Crippen LogP contribution is -1.73. The van der Waals surface area contributed by atoms with Crippen LogP contribution in [0.3, 0.4) is 0 Å². The number of aromatic amines is 1. The van der Waals surface area contributed by atoms with Crippen molar-refractivity contribution in [3.63, 3.8) is 0 Å². The molecule has 0 aliphatic heterocycles. The van der Waals surface area contributed by atoms with E-state index in [1.54, 1.807) is 12.3 Å². The van der Waals surface area contributed by atoms with Crippen molar-refractivity contribution in [3.05, 3.63) is 67.1 Å². The van der Waals surface area contributed by atoms with E-state index in [1.165, 1.54) is 5.39 Å². The molecule has 2 heterocycles. The predicted octanol–water partition coefficient (Wildman–Crippen LogP) is 3.29. The highest BCUT2D eigenvalue weighted by Gasteiger charge is 1.86. The number of benzene rings is 1. The fraction of sp³-hybridized carbons (Fsp3) is 0. The summed E-state index contributed by atoms with van der Waals surface area (Å²) in [6.07, 6.45) is 5.26. The second-order valence-corrected chi connectivity index (χ2v) is 3.40. The topological polar surface area (TPSA) is 41.6 Å². The van der Waals surface area contributed by atoms with Crippen LogP contribution in [0, 0.1) is 0 Å². The Bertz CT molecular complexity index is 520. The number of rotatable bonds is 1. The van der Waals surface area contributed by atoms with E-state index in [0.29, 0.717) is 0 Å². The molecule has 0 saturated carbocycles. The fourth-order valence-corrected chi connectivity index (χ4v) is 1.40. The first-order valence-electron chi connectivity index (χ1n) is 5.32. The number of hydrogen-bond donors (Lipinski definition) is 1. The highest BCUT2D eigenvalue weighted by molar-refractivity contribution is 5.77. The Hall–Kier alpha value is -2.42. The van der Waals surface area contributed by atoms with Crippen LogP contribution in [0.4, 0.5) is 0 Å². The largest absolute Gasteiger partial charge is 0.285 e. The summed E-state index contributed by atoms with van der Waals surface area (Å²) in [5.41, 5.74) is 1.95. The van der Waals surface area contributed by atoms with E-state index in [2.05, 4.69) is 33.9 Å². The van der Waals surface area contributed by atoms with Gasteiger partial charge in [0.15, 0.2) is 0 Å². The number of nitrogens with one attached hydrogen (secondary N) is 1. The molecule has 0 bridgehead atoms. The van der Waals surface area contributed by atoms with Crippen LogP contribution in [-0.4, -0.2) is 15.2 Å². The third-order valence-corrected chi connectivity index (χ3v) is 2.24. The maximum absolute atomic E-state index is 4.18. The van der Waals surface area contributed by atoms with Gasteiger partial charge in [0, 0.05) is 17.8 Å². The number of nitrogens with zero attached hydrogens (tertiary/aromatic N) is 2. The Morgan fingerprint density at radius 3 is 2.53 bits per heavy atom. The summed E-state index contributed by atoms with van der Waals surface area (Å²) in [5.74, 6) is 0. The van der Waals surface area contributed by atoms with Gasteiger partial charge in [0.1, 0.15) is 0 Å². The van der Waals surface area contributed by atoms with Crippen LogP contribution in [0.15, 0.2) is 61.4 Å². The van der Waals surface area contributed by atoms with Crippen LogP contribution in [0.5, 0.6) is 0 Å². The van der Waals surface area contributed by atoms with Crippen molar-refractivity contribution in [1.82, 2.24) is 15.2 Å². The zero-order chi connectivity index (χ0) is 11.9. The van der Waals surface area contributed by atoms with Crippen molar-refractivity contribution in [3.8, 4) is 0 Å². The number of H-pyrrole nitrogens is 1. The van der Waals surface area contributed by atoms with Gasteiger partial charge in [0.05, 0.1) is 11.2 Å². The first kappa shape index (κ1) is 11.1. The Labute approximate surface area is 99.8 Å². The second kappa shape index (κ2) is 5.61. The molecule has 2 aromatic heterocycles. The highest BCUT2D eigenvalue weighted by Crippen LogP contribution is 2.07. The van der Waals surface area contributed by atoms with Crippen LogP contribution in [0.25, 0.3) is 17.0 Å². The Balaban J connectivity index is 0.000000136. The van der Waals surface area contributed by atoms with Gasteiger partial charge in [-0.1, -0.05) is 30.8 Å². The summed E-state index contributed by atoms with van der Waals surface area (Å²) in [6.45, 7) is 3.52. The van der Waals surface area contributed by atoms with Crippen LogP contribution < -0.4 is 0 Å². The van der Waals surface area contributed by atoms with Gasteiger partial charge in [-0.05, 0) is 24.3 Å². The third kappa shape index (κ3) is 3.01. The molecule has 0 amide bonds. The average molecular weight is 223 g/mol. The van der Waals surface area contributed by atoms with Gasteiger partial charge in [-0.3, -0.25) is 10.1 Å². The van der Waals surface area contributed by atoms with E-state index in [0.717, 1.165) is 11.2 Å². The molecular weight excluding hydrogens is 210 g/mol. The quantitative estimate of drug-likeness (QED) is 0.687. The summed E-state index contributed by atoms with van der Waals surface area (Å²) < 4.78 is 0. The van der Waals surface area contributed by atoms with Gasteiger partial charge in [-0.25, -0.2) is 0 Å². The molecule has 0 spiro atoms. The molecule has 0 radical (unpaired) electrons. The highest BCUT2D eigenvalue weighted by atomic mass is 15.1. The van der Waals surface area contributed by atoms with Crippen molar-refractivity contribution in [2.75, 3.05) is 0 Å². The van der Waals surface area contributed by atoms with Crippen LogP contribution in [-0.2, 0) is 0 Å². The third-order valence-electron chi connectivity index (χ3n) is 2.24. The maximum atomic E-state index is 4.18. The molecule has 0 saturated heterocycles. The van der Waals surface area contributed by atoms with E-state index in [4.69, 9.17) is 0 Å². The molecule has 3 rings (SSSR count). The Morgan fingerprint density at radius 2 is 1.88 bits per heavy atom. The number of para-hydroxylation sites is 1. The van der Waals surface area contributed by atoms with E-state index < -0.39 is 0 Å². The number of pyridine rings is 1. The van der Waals surface area contributed by atoms with E-state index in [1.807, 2.05) is 36.5 Å². The van der Waals surface area contributed by atoms with Gasteiger partial charge < -0.3 is 0 Å². The standard InChI is InChI=1S/C9H7N.C5H6N2/c1-2-6-9-8(4-1)5-3-7-10-9;1-2-5-3-4-6-7-5/h1-7H;2-4H,1H2,(H,6,7). The monoisotopic (exact) mass is 223 g/mol. The van der Waals surface area contributed by atoms with Crippen molar-refractivity contribution in [1.29, 1.82) is 0 Å². The second-order valence-electron chi connectivity index (χ2n) is 3.40. The van der Waals surface area contributed by atoms with E-state index >= 15 is 0 Å². The zero-order valence-corrected chi connectivity index (χ0v) is 9.38. The number of aromatic nitrogens is 3. The normalized spacial score (nSPS) is 9.41. The molecule has 0 aliphatic carbocycles. The predicted molar refractivity (Wildman–Crippen MR) is 70.4 cm³/mol. The lowest BCUT2D eigenvalue weighted by molar-refractivity contribution is 1.08. The van der Waals surface area contributed by atoms with Crippen LogP contribution in [0.2, 0.25) is 0 Å². The van der Waals surface area contributed by atoms with E-state index in [9.17, 15) is 0 Å². The lowest BCUT2D eigenvalue weighted by Gasteiger charge is -1.91. The lowest BCUT2D eigenvalue weighted by atomic mass is 10.2. The summed E-state index contributed by atoms with van der Waals surface area (Å²) in [6, 6.07) is 13.9. The van der Waals surface area contributed by atoms with Crippen molar-refractivity contribution in [2.45, 2.75) is 0 Å². The first-order chi connectivity index (χ1) is 8.40. The Kier molecular flexibility index (Phi) is 3.65. The Morgan fingerprint density at radius 1 is 1.06 bits per heavy atom. The molecular formula is C14H13N3. The molecule has 3 aromatic rings. The summed E-state index contributed by atoms with van der Waals surface area (Å²) >= 11 is 0. The van der Waals surface area contributed by atoms with Gasteiger partial charge >= 0.3 is 0 Å². The minimum atomic E-state index is 0.889. The number of hydrogen-bond acceptors (Lipinski definition) is 2. The van der Waals surface area contributed by atoms with Crippen LogP contribution in [0.1, 0.15) is 5.69 Å². The fourth-order valence-electron chi connectivity index (χ4n) is 1.40. The van der Waals surface area contributed by atoms with Gasteiger partial charge in [-0.15, -0.1) is 0 Å². The first-order valence-corrected chi connectivity index (χ1v) is 5.32. The summed E-state index contributed by atoms with van der Waals surface area (Å²) in [5, 5.41) is 7.65. The minimum absolute atomic E-state index is 0.889. The molecule has 0 aliphatic rings. The van der Waals surface area contributed by atoms with Crippen LogP contribution >= 0.6 is 0 Å².